The van der Waals surface area contributed by atoms with Crippen LogP contribution >= 0.6 is 11.6 Å². The number of likely N-dealkylation sites (tertiary alicyclic amines) is 1. The third-order valence-corrected chi connectivity index (χ3v) is 4.87. The Balaban J connectivity index is 1.34. The van der Waals surface area contributed by atoms with Gasteiger partial charge in [-0.25, -0.2) is 9.37 Å². The van der Waals surface area contributed by atoms with Crippen LogP contribution in [0.1, 0.15) is 23.9 Å². The van der Waals surface area contributed by atoms with Crippen molar-refractivity contribution in [2.75, 3.05) is 19.7 Å². The summed E-state index contributed by atoms with van der Waals surface area (Å²) in [4.78, 5) is 22.5. The van der Waals surface area contributed by atoms with Gasteiger partial charge >= 0.3 is 0 Å². The van der Waals surface area contributed by atoms with Crippen LogP contribution in [0.25, 0.3) is 11.6 Å². The minimum absolute atomic E-state index is 0.0540. The Kier molecular flexibility index (Phi) is 5.39. The number of aromatic nitrogens is 4. The quantitative estimate of drug-likeness (QED) is 0.629. The van der Waals surface area contributed by atoms with Crippen LogP contribution in [0.5, 0.6) is 5.75 Å². The largest absolute Gasteiger partial charge is 0.484 e. The first-order valence-electron chi connectivity index (χ1n) is 8.97. The van der Waals surface area contributed by atoms with Crippen molar-refractivity contribution < 1.29 is 18.3 Å². The first kappa shape index (κ1) is 19.3. The van der Waals surface area contributed by atoms with Gasteiger partial charge in [0, 0.05) is 25.4 Å². The fourth-order valence-corrected chi connectivity index (χ4v) is 3.17. The van der Waals surface area contributed by atoms with E-state index < -0.39 is 5.82 Å². The lowest BCUT2D eigenvalue weighted by Gasteiger charge is -2.16. The first-order chi connectivity index (χ1) is 14.0. The van der Waals surface area contributed by atoms with Crippen LogP contribution in [-0.4, -0.2) is 50.7 Å². The highest BCUT2D eigenvalue weighted by Gasteiger charge is 2.31. The summed E-state index contributed by atoms with van der Waals surface area (Å²) >= 11 is 5.72. The van der Waals surface area contributed by atoms with Gasteiger partial charge in [0.25, 0.3) is 11.8 Å². The highest BCUT2D eigenvalue weighted by atomic mass is 35.5. The molecule has 29 heavy (non-hydrogen) atoms. The number of aryl methyl sites for hydroxylation is 1. The molecule has 2 aromatic heterocycles. The maximum Gasteiger partial charge on any atom is 0.267 e. The summed E-state index contributed by atoms with van der Waals surface area (Å²) in [6, 6.07) is 3.96. The Bertz CT molecular complexity index is 1030. The highest BCUT2D eigenvalue weighted by Crippen LogP contribution is 2.28. The molecular weight excluding hydrogens is 401 g/mol. The first-order valence-corrected chi connectivity index (χ1v) is 9.35. The molecular formula is C19H17ClFN5O3. The maximum absolute atomic E-state index is 13.2. The van der Waals surface area contributed by atoms with Crippen molar-refractivity contribution in [3.8, 4) is 17.3 Å². The second kappa shape index (κ2) is 8.12. The molecule has 8 nitrogen and oxygen atoms in total. The summed E-state index contributed by atoms with van der Waals surface area (Å²) < 4.78 is 24.3. The molecule has 1 fully saturated rings. The van der Waals surface area contributed by atoms with Crippen molar-refractivity contribution in [1.82, 2.24) is 25.1 Å². The second-order valence-electron chi connectivity index (χ2n) is 6.68. The summed E-state index contributed by atoms with van der Waals surface area (Å²) in [5.41, 5.74) is 1.30. The van der Waals surface area contributed by atoms with Crippen molar-refractivity contribution in [3.05, 3.63) is 53.0 Å². The second-order valence-corrected chi connectivity index (χ2v) is 7.09. The minimum Gasteiger partial charge on any atom is -0.484 e. The molecule has 10 heteroatoms. The average molecular weight is 418 g/mol. The van der Waals surface area contributed by atoms with Crippen molar-refractivity contribution in [1.29, 1.82) is 0 Å². The van der Waals surface area contributed by atoms with Crippen LogP contribution in [0.2, 0.25) is 5.02 Å². The molecule has 3 heterocycles. The predicted octanol–water partition coefficient (Wildman–Crippen LogP) is 3.02. The molecule has 1 aliphatic heterocycles. The Labute approximate surface area is 170 Å². The molecule has 3 aromatic rings. The van der Waals surface area contributed by atoms with Gasteiger partial charge in [-0.2, -0.15) is 0 Å². The van der Waals surface area contributed by atoms with E-state index >= 15 is 0 Å². The van der Waals surface area contributed by atoms with E-state index in [4.69, 9.17) is 20.8 Å². The lowest BCUT2D eigenvalue weighted by molar-refractivity contribution is -0.132. The number of nitrogens with zero attached hydrogens (tertiary/aromatic N) is 5. The molecule has 1 aromatic carbocycles. The number of ether oxygens (including phenoxy) is 1. The number of amides is 1. The lowest BCUT2D eigenvalue weighted by atomic mass is 10.1. The molecule has 0 saturated carbocycles. The number of benzene rings is 1. The molecule has 150 valence electrons. The zero-order chi connectivity index (χ0) is 20.4. The van der Waals surface area contributed by atoms with E-state index in [2.05, 4.69) is 20.2 Å². The summed E-state index contributed by atoms with van der Waals surface area (Å²) in [6.45, 7) is 2.68. The number of halogens is 2. The zero-order valence-corrected chi connectivity index (χ0v) is 16.3. The van der Waals surface area contributed by atoms with Gasteiger partial charge in [0.05, 0.1) is 22.8 Å². The molecule has 0 aliphatic carbocycles. The summed E-state index contributed by atoms with van der Waals surface area (Å²) in [6.07, 6.45) is 3.91. The molecule has 0 spiro atoms. The fraction of sp³-hybridized carbons (Fsp3) is 0.316. The molecule has 1 atom stereocenters. The Morgan fingerprint density at radius 1 is 1.34 bits per heavy atom. The number of carbonyl (C=O) groups is 1. The summed E-state index contributed by atoms with van der Waals surface area (Å²) in [7, 11) is 0. The summed E-state index contributed by atoms with van der Waals surface area (Å²) in [5, 5.41) is 8.08. The van der Waals surface area contributed by atoms with Gasteiger partial charge in [-0.15, -0.1) is 10.2 Å². The smallest absolute Gasteiger partial charge is 0.267 e. The van der Waals surface area contributed by atoms with E-state index in [1.807, 2.05) is 6.92 Å². The fourth-order valence-electron chi connectivity index (χ4n) is 3.00. The Hall–Kier alpha value is -3.07. The lowest BCUT2D eigenvalue weighted by Crippen LogP contribution is -2.32. The number of hydrogen-bond donors (Lipinski definition) is 0. The van der Waals surface area contributed by atoms with E-state index in [0.717, 1.165) is 5.69 Å². The molecule has 0 N–H and O–H groups in total. The van der Waals surface area contributed by atoms with Crippen molar-refractivity contribution in [3.63, 3.8) is 0 Å². The van der Waals surface area contributed by atoms with E-state index in [1.54, 1.807) is 17.3 Å². The maximum atomic E-state index is 13.2. The van der Waals surface area contributed by atoms with E-state index in [-0.39, 0.29) is 23.5 Å². The van der Waals surface area contributed by atoms with Crippen LogP contribution < -0.4 is 4.74 Å². The molecule has 0 bridgehead atoms. The van der Waals surface area contributed by atoms with Crippen LogP contribution in [0.3, 0.4) is 0 Å². The minimum atomic E-state index is -0.539. The molecule has 1 aliphatic rings. The van der Waals surface area contributed by atoms with Gasteiger partial charge < -0.3 is 14.1 Å². The van der Waals surface area contributed by atoms with Crippen molar-refractivity contribution in [2.45, 2.75) is 19.3 Å². The van der Waals surface area contributed by atoms with Crippen LogP contribution in [-0.2, 0) is 4.79 Å². The Morgan fingerprint density at radius 3 is 2.97 bits per heavy atom. The standard InChI is InChI=1S/C19H17ClFN5O3/c1-11-7-23-16(8-22-11)19-25-24-18(29-19)12-4-5-26(9-12)17(27)10-28-13-2-3-15(21)14(20)6-13/h2-3,6-8,12H,4-5,9-10H2,1H3/t12-/m1/s1. The van der Waals surface area contributed by atoms with Gasteiger partial charge in [0.2, 0.25) is 5.89 Å². The number of hydrogen-bond acceptors (Lipinski definition) is 7. The zero-order valence-electron chi connectivity index (χ0n) is 15.5. The molecule has 4 rings (SSSR count). The SMILES string of the molecule is Cc1cnc(-c2nnc([C@@H]3CCN(C(=O)COc4ccc(F)c(Cl)c4)C3)o2)cn1. The number of carbonyl (C=O) groups excluding carboxylic acids is 1. The normalized spacial score (nSPS) is 16.2. The highest BCUT2D eigenvalue weighted by molar-refractivity contribution is 6.30. The van der Waals surface area contributed by atoms with Gasteiger partial charge in [-0.05, 0) is 25.5 Å². The van der Waals surface area contributed by atoms with E-state index in [9.17, 15) is 9.18 Å². The topological polar surface area (TPSA) is 94.2 Å². The number of rotatable bonds is 5. The third-order valence-electron chi connectivity index (χ3n) is 4.58. The van der Waals surface area contributed by atoms with Gasteiger partial charge in [-0.3, -0.25) is 9.78 Å². The van der Waals surface area contributed by atoms with Gasteiger partial charge in [0.15, 0.2) is 6.61 Å². The van der Waals surface area contributed by atoms with Crippen LogP contribution in [0.15, 0.2) is 35.0 Å². The summed E-state index contributed by atoms with van der Waals surface area (Å²) in [5.74, 6) is 0.318. The molecule has 0 radical (unpaired) electrons. The van der Waals surface area contributed by atoms with E-state index in [1.165, 1.54) is 18.2 Å². The third kappa shape index (κ3) is 4.34. The van der Waals surface area contributed by atoms with E-state index in [0.29, 0.717) is 42.7 Å². The monoisotopic (exact) mass is 417 g/mol. The predicted molar refractivity (Wildman–Crippen MR) is 101 cm³/mol. The van der Waals surface area contributed by atoms with Crippen molar-refractivity contribution in [2.24, 2.45) is 0 Å². The molecule has 1 saturated heterocycles. The molecule has 0 unspecified atom stereocenters. The Morgan fingerprint density at radius 2 is 2.21 bits per heavy atom. The van der Waals surface area contributed by atoms with Crippen LogP contribution in [0, 0.1) is 12.7 Å². The van der Waals surface area contributed by atoms with Gasteiger partial charge in [-0.1, -0.05) is 11.6 Å². The molecule has 1 amide bonds. The van der Waals surface area contributed by atoms with Crippen LogP contribution in [0.4, 0.5) is 4.39 Å². The van der Waals surface area contributed by atoms with Gasteiger partial charge in [0.1, 0.15) is 17.3 Å². The van der Waals surface area contributed by atoms with Crippen molar-refractivity contribution >= 4 is 17.5 Å². The average Bonchev–Trinajstić information content (AvgIpc) is 3.39.